The Balaban J connectivity index is 0.000000252. The molecule has 5 atom stereocenters. The molecule has 6 aliphatic carbocycles. The highest BCUT2D eigenvalue weighted by Crippen LogP contribution is 2.60. The van der Waals surface area contributed by atoms with Crippen LogP contribution >= 0.6 is 0 Å². The third kappa shape index (κ3) is 25.4. The van der Waals surface area contributed by atoms with Gasteiger partial charge < -0.3 is 37.5 Å². The summed E-state index contributed by atoms with van der Waals surface area (Å²) in [5.74, 6) is 4.16. The molecule has 19 nitrogen and oxygen atoms in total. The Morgan fingerprint density at radius 2 is 1.12 bits per heavy atom. The molecule has 8 fully saturated rings. The standard InChI is InChI=1S/C17H28O2.C15H22O7S.C14H21OS.C14H22.C8H16O5S.C6H12O4S/c1-5-16(2,3)15(18)19-17(4)13-7-11-6-12(9-13)10-14(17)8-11;1-4-15(2,3)14(17)20-7-11(16)21-12-8-5-9-10(6-8)23(18,19)22-13(9)12;1-11-9-13(10-12(2)14(11)15-3)16-7-5-4-6-8-16;1-13(2,3)11-8-7-9-12(10-11)14(4,5)6;1-4-8(2,3)7(9)13-5-6-14(10,11)12;1-6(2)5-10-3-4-11(7,8)9/h11-14H,5-10H2,1-4H3;8-10,12-13H,4-7H2,1-3H3;9-10H,4-8H2,1-3H3;7-10H,1-6H3;4-6H2,1-3H3,(H,10,11,12);1,3-5H2,2H3,(H,7,8,9)/q;;+1;;;/p-2. The van der Waals surface area contributed by atoms with E-state index in [0.29, 0.717) is 55.0 Å². The molecule has 2 aliphatic heterocycles. The number of hydrogen-bond donors (Lipinski definition) is 0. The van der Waals surface area contributed by atoms with Gasteiger partial charge in [0.15, 0.2) is 11.5 Å². The summed E-state index contributed by atoms with van der Waals surface area (Å²) in [5, 5.41) is -0.448. The van der Waals surface area contributed by atoms with Crippen molar-refractivity contribution in [2.75, 3.05) is 56.5 Å². The summed E-state index contributed by atoms with van der Waals surface area (Å²) in [6.07, 6.45) is 13.0. The van der Waals surface area contributed by atoms with Crippen molar-refractivity contribution in [1.29, 1.82) is 0 Å². The zero-order valence-electron chi connectivity index (χ0n) is 62.1. The molecule has 0 N–H and O–H groups in total. The normalized spacial score (nSPS) is 25.3. The van der Waals surface area contributed by atoms with E-state index in [-0.39, 0.29) is 52.9 Å². The Labute approximate surface area is 586 Å². The number of fused-ring (bicyclic) bond motifs is 1. The lowest BCUT2D eigenvalue weighted by Crippen LogP contribution is -2.58. The van der Waals surface area contributed by atoms with Gasteiger partial charge >= 0.3 is 23.9 Å². The minimum Gasteiger partial charge on any atom is -0.748 e. The lowest BCUT2D eigenvalue weighted by atomic mass is 9.50. The third-order valence-corrected chi connectivity index (χ3v) is 26.2. The Hall–Kier alpha value is -4.10. The van der Waals surface area contributed by atoms with Crippen LogP contribution in [0.1, 0.15) is 223 Å². The van der Waals surface area contributed by atoms with Crippen LogP contribution in [0, 0.1) is 65.6 Å². The highest BCUT2D eigenvalue weighted by molar-refractivity contribution is 7.97. The largest absolute Gasteiger partial charge is 0.748 e. The van der Waals surface area contributed by atoms with Crippen LogP contribution in [0.2, 0.25) is 0 Å². The maximum atomic E-state index is 12.5. The number of hydrogen-bond acceptors (Lipinski definition) is 19. The fraction of sp³-hybridized carbons (Fsp3) is 0.757. The quantitative estimate of drug-likeness (QED) is 0.0226. The molecule has 5 unspecified atom stereocenters. The smallest absolute Gasteiger partial charge is 0.344 e. The molecule has 554 valence electrons. The lowest BCUT2D eigenvalue weighted by Gasteiger charge is -2.59. The van der Waals surface area contributed by atoms with Gasteiger partial charge in [0.1, 0.15) is 41.7 Å². The molecule has 10 rings (SSSR count). The van der Waals surface area contributed by atoms with Crippen molar-refractivity contribution in [3.63, 3.8) is 0 Å². The number of carbonyl (C=O) groups excluding carboxylic acids is 4. The average Bonchev–Trinajstić information content (AvgIpc) is 1.68. The Morgan fingerprint density at radius 3 is 1.57 bits per heavy atom. The number of esters is 4. The molecule has 6 bridgehead atoms. The number of benzene rings is 2. The molecule has 8 aliphatic rings. The third-order valence-electron chi connectivity index (χ3n) is 20.6. The van der Waals surface area contributed by atoms with Crippen LogP contribution in [0.5, 0.6) is 5.75 Å². The molecule has 23 heteroatoms. The van der Waals surface area contributed by atoms with Crippen LogP contribution in [0.25, 0.3) is 0 Å². The van der Waals surface area contributed by atoms with Crippen LogP contribution in [-0.4, -0.2) is 138 Å². The molecular formula is C74H119O19S4-. The van der Waals surface area contributed by atoms with Crippen LogP contribution in [0.15, 0.2) is 53.4 Å². The molecule has 0 spiro atoms. The summed E-state index contributed by atoms with van der Waals surface area (Å²) in [5.41, 5.74) is 4.93. The number of ether oxygens (including phenoxy) is 6. The first-order valence-electron chi connectivity index (χ1n) is 34.8. The van der Waals surface area contributed by atoms with Gasteiger partial charge in [-0.05, 0) is 222 Å². The second-order valence-electron chi connectivity index (χ2n) is 31.9. The molecule has 97 heavy (non-hydrogen) atoms. The van der Waals surface area contributed by atoms with Crippen molar-refractivity contribution in [1.82, 2.24) is 0 Å². The monoisotopic (exact) mass is 1440 g/mol. The highest BCUT2D eigenvalue weighted by atomic mass is 32.2. The van der Waals surface area contributed by atoms with E-state index in [1.54, 1.807) is 46.6 Å². The van der Waals surface area contributed by atoms with E-state index in [1.807, 2.05) is 27.7 Å². The number of methoxy groups -OCH3 is 1. The SMILES string of the molecule is C=C(C)COCCS(=O)(=O)[O-].CC(C)(C)c1cccc(C(C)(C)C)c1.CCC(C)(C)C(=O)OC1(C)C2CC3CC(C2)CC1C3.CCC(C)(C)C(=O)OCC(=O)OC1C2CC3C1OS(=O)(=O)C3C2.CCC(C)(C)C(=O)OCCS(=O)(=O)[O-].COc1c(C)cc([S+]2CCCCC2)cc1C. The van der Waals surface area contributed by atoms with E-state index in [4.69, 9.17) is 27.9 Å². The maximum Gasteiger partial charge on any atom is 0.344 e. The van der Waals surface area contributed by atoms with Gasteiger partial charge in [-0.15, -0.1) is 0 Å². The van der Waals surface area contributed by atoms with Crippen LogP contribution in [-0.2, 0) is 99.1 Å². The molecule has 2 heterocycles. The molecule has 2 saturated heterocycles. The Bertz CT molecular complexity index is 3230. The number of aryl methyl sites for hydroxylation is 2. The van der Waals surface area contributed by atoms with Gasteiger partial charge in [0, 0.05) is 22.7 Å². The second kappa shape index (κ2) is 35.2. The van der Waals surface area contributed by atoms with E-state index in [2.05, 4.69) is 117 Å². The second-order valence-corrected chi connectivity index (χ2v) is 39.0. The number of carbonyl (C=O) groups is 4. The molecular weight excluding hydrogens is 1320 g/mol. The van der Waals surface area contributed by atoms with Gasteiger partial charge in [-0.2, -0.15) is 8.42 Å². The molecule has 2 aromatic carbocycles. The average molecular weight is 1440 g/mol. The summed E-state index contributed by atoms with van der Waals surface area (Å²) in [4.78, 5) is 49.1. The zero-order valence-corrected chi connectivity index (χ0v) is 65.4. The summed E-state index contributed by atoms with van der Waals surface area (Å²) in [6.45, 7) is 41.5. The predicted molar refractivity (Wildman–Crippen MR) is 380 cm³/mol. The fourth-order valence-corrected chi connectivity index (χ4v) is 18.3. The first kappa shape index (κ1) is 85.3. The van der Waals surface area contributed by atoms with Gasteiger partial charge in [-0.25, -0.2) is 21.6 Å². The van der Waals surface area contributed by atoms with E-state index in [9.17, 15) is 53.5 Å². The summed E-state index contributed by atoms with van der Waals surface area (Å²) < 4.78 is 121. The highest BCUT2D eigenvalue weighted by Gasteiger charge is 2.65. The zero-order chi connectivity index (χ0) is 73.7. The maximum absolute atomic E-state index is 12.5. The Kier molecular flexibility index (Phi) is 30.9. The van der Waals surface area contributed by atoms with E-state index >= 15 is 0 Å². The van der Waals surface area contributed by atoms with Crippen molar-refractivity contribution in [3.8, 4) is 5.75 Å². The molecule has 0 amide bonds. The minimum atomic E-state index is -4.30. The number of rotatable bonds is 20. The van der Waals surface area contributed by atoms with Gasteiger partial charge in [0.2, 0.25) is 0 Å². The van der Waals surface area contributed by atoms with Gasteiger partial charge in [-0.1, -0.05) is 98.7 Å². The predicted octanol–water partition coefficient (Wildman–Crippen LogP) is 13.6. The fourth-order valence-electron chi connectivity index (χ4n) is 13.4. The molecule has 6 saturated carbocycles. The summed E-state index contributed by atoms with van der Waals surface area (Å²) in [6, 6.07) is 13.6. The van der Waals surface area contributed by atoms with Crippen LogP contribution in [0.3, 0.4) is 0 Å². The molecule has 0 aromatic heterocycles. The summed E-state index contributed by atoms with van der Waals surface area (Å²) in [7, 11) is -9.68. The first-order valence-corrected chi connectivity index (χ1v) is 41.0. The van der Waals surface area contributed by atoms with E-state index < -0.39 is 94.7 Å². The minimum absolute atomic E-state index is 0.0130. The van der Waals surface area contributed by atoms with Crippen molar-refractivity contribution < 1.29 is 86.1 Å². The van der Waals surface area contributed by atoms with Crippen molar-refractivity contribution in [2.45, 2.75) is 254 Å². The van der Waals surface area contributed by atoms with Gasteiger partial charge in [0.25, 0.3) is 10.1 Å². The van der Waals surface area contributed by atoms with Crippen molar-refractivity contribution in [3.05, 3.63) is 70.8 Å². The van der Waals surface area contributed by atoms with Gasteiger partial charge in [-0.3, -0.25) is 18.6 Å². The summed E-state index contributed by atoms with van der Waals surface area (Å²) >= 11 is 0. The van der Waals surface area contributed by atoms with Crippen LogP contribution < -0.4 is 4.74 Å². The van der Waals surface area contributed by atoms with Crippen LogP contribution in [0.4, 0.5) is 0 Å². The Morgan fingerprint density at radius 1 is 0.660 bits per heavy atom. The van der Waals surface area contributed by atoms with Gasteiger partial charge in [0.05, 0.1) is 73.6 Å². The topological polar surface area (TPSA) is 281 Å². The molecule has 0 radical (unpaired) electrons. The van der Waals surface area contributed by atoms with Crippen molar-refractivity contribution >= 4 is 65.1 Å². The lowest BCUT2D eigenvalue weighted by molar-refractivity contribution is -0.211. The van der Waals surface area contributed by atoms with Crippen molar-refractivity contribution in [2.24, 2.45) is 51.8 Å². The van der Waals surface area contributed by atoms with E-state index in [0.717, 1.165) is 29.6 Å². The molecule has 2 aromatic rings. The van der Waals surface area contributed by atoms with E-state index in [1.165, 1.54) is 85.1 Å². The first-order chi connectivity index (χ1) is 44.5.